The van der Waals surface area contributed by atoms with Crippen LogP contribution in [-0.2, 0) is 9.47 Å². The Morgan fingerprint density at radius 1 is 0.526 bits per heavy atom. The molecule has 0 spiro atoms. The number of rotatable bonds is 13. The summed E-state index contributed by atoms with van der Waals surface area (Å²) in [5.74, 6) is 1.78. The van der Waals surface area contributed by atoms with Crippen LogP contribution in [0.2, 0.25) is 0 Å². The lowest BCUT2D eigenvalue weighted by atomic mass is 9.98. The van der Waals surface area contributed by atoms with Crippen LogP contribution in [-0.4, -0.2) is 35.6 Å². The normalized spacial score (nSPS) is 14.6. The highest BCUT2D eigenvalue weighted by Crippen LogP contribution is 2.32. The molecule has 3 aromatic rings. The summed E-state index contributed by atoms with van der Waals surface area (Å²) in [7, 11) is 0. The predicted molar refractivity (Wildman–Crippen MR) is 161 cm³/mol. The Kier molecular flexibility index (Phi) is 9.42. The Morgan fingerprint density at radius 3 is 1.55 bits per heavy atom. The van der Waals surface area contributed by atoms with Crippen molar-refractivity contribution < 1.29 is 18.9 Å². The van der Waals surface area contributed by atoms with E-state index in [1.165, 1.54) is 21.5 Å². The standard InChI is InChI=1S/C34H50O4/c1-11-32(6,7)36-20-18-34(10,12-2)38-30-16-14-26-21-27-23-29(15-13-25(27)22-28(26)24-30)37-33(8,9)17-19-35-31(3,4)5/h13-16,21-24H,11-12,17-20H2,1-10H3. The third kappa shape index (κ3) is 8.88. The second kappa shape index (κ2) is 11.8. The van der Waals surface area contributed by atoms with Gasteiger partial charge in [0, 0.05) is 12.8 Å². The van der Waals surface area contributed by atoms with Crippen LogP contribution in [0.5, 0.6) is 11.5 Å². The Morgan fingerprint density at radius 2 is 1.05 bits per heavy atom. The average molecular weight is 523 g/mol. The van der Waals surface area contributed by atoms with E-state index in [1.807, 2.05) is 0 Å². The van der Waals surface area contributed by atoms with Crippen LogP contribution in [0.25, 0.3) is 21.5 Å². The lowest BCUT2D eigenvalue weighted by Crippen LogP contribution is -2.35. The van der Waals surface area contributed by atoms with Gasteiger partial charge in [-0.15, -0.1) is 0 Å². The highest BCUT2D eigenvalue weighted by molar-refractivity contribution is 5.99. The summed E-state index contributed by atoms with van der Waals surface area (Å²) >= 11 is 0. The minimum absolute atomic E-state index is 0.0972. The van der Waals surface area contributed by atoms with E-state index in [4.69, 9.17) is 18.9 Å². The van der Waals surface area contributed by atoms with Crippen LogP contribution in [0.1, 0.15) is 94.9 Å². The van der Waals surface area contributed by atoms with E-state index in [0.29, 0.717) is 13.2 Å². The average Bonchev–Trinajstić information content (AvgIpc) is 2.81. The number of ether oxygens (including phenoxy) is 4. The van der Waals surface area contributed by atoms with E-state index in [9.17, 15) is 0 Å². The van der Waals surface area contributed by atoms with Gasteiger partial charge in [0.1, 0.15) is 22.7 Å². The van der Waals surface area contributed by atoms with Gasteiger partial charge in [-0.05, 0) is 126 Å². The van der Waals surface area contributed by atoms with Gasteiger partial charge < -0.3 is 18.9 Å². The van der Waals surface area contributed by atoms with Crippen LogP contribution in [0.4, 0.5) is 0 Å². The summed E-state index contributed by atoms with van der Waals surface area (Å²) in [5.41, 5.74) is -0.822. The van der Waals surface area contributed by atoms with E-state index in [0.717, 1.165) is 37.2 Å². The SMILES string of the molecule is CCC(C)(C)OCCC(C)(CC)Oc1ccc2cc3cc(OC(C)(C)CCOC(C)(C)C)ccc3cc2c1. The van der Waals surface area contributed by atoms with Crippen molar-refractivity contribution in [2.45, 2.75) is 117 Å². The fraction of sp³-hybridized carbons (Fsp3) is 0.588. The van der Waals surface area contributed by atoms with Crippen molar-refractivity contribution >= 4 is 21.5 Å². The van der Waals surface area contributed by atoms with Crippen LogP contribution in [0.15, 0.2) is 48.5 Å². The molecular formula is C34H50O4. The largest absolute Gasteiger partial charge is 0.488 e. The van der Waals surface area contributed by atoms with Crippen molar-refractivity contribution in [3.8, 4) is 11.5 Å². The Bertz CT molecular complexity index is 1200. The number of hydrogen-bond donors (Lipinski definition) is 0. The number of hydrogen-bond acceptors (Lipinski definition) is 4. The van der Waals surface area contributed by atoms with Gasteiger partial charge in [0.2, 0.25) is 0 Å². The molecule has 0 aliphatic heterocycles. The summed E-state index contributed by atoms with van der Waals surface area (Å²) < 4.78 is 24.9. The van der Waals surface area contributed by atoms with E-state index >= 15 is 0 Å². The minimum Gasteiger partial charge on any atom is -0.488 e. The molecule has 0 radical (unpaired) electrons. The van der Waals surface area contributed by atoms with Crippen LogP contribution in [0.3, 0.4) is 0 Å². The molecule has 210 valence electrons. The Hall–Kier alpha value is -2.30. The van der Waals surface area contributed by atoms with Crippen molar-refractivity contribution in [1.29, 1.82) is 0 Å². The maximum atomic E-state index is 6.54. The molecule has 0 aliphatic rings. The van der Waals surface area contributed by atoms with Gasteiger partial charge in [0.05, 0.1) is 24.4 Å². The lowest BCUT2D eigenvalue weighted by molar-refractivity contribution is -0.0465. The zero-order valence-corrected chi connectivity index (χ0v) is 25.5. The smallest absolute Gasteiger partial charge is 0.120 e. The first-order valence-electron chi connectivity index (χ1n) is 14.3. The highest BCUT2D eigenvalue weighted by Gasteiger charge is 2.26. The number of fused-ring (bicyclic) bond motifs is 2. The van der Waals surface area contributed by atoms with Gasteiger partial charge in [-0.2, -0.15) is 0 Å². The van der Waals surface area contributed by atoms with Gasteiger partial charge in [0.15, 0.2) is 0 Å². The third-order valence-corrected chi connectivity index (χ3v) is 7.46. The molecule has 0 heterocycles. The molecule has 3 aromatic carbocycles. The van der Waals surface area contributed by atoms with E-state index in [1.54, 1.807) is 0 Å². The van der Waals surface area contributed by atoms with Gasteiger partial charge in [0.25, 0.3) is 0 Å². The van der Waals surface area contributed by atoms with Crippen molar-refractivity contribution in [3.05, 3.63) is 48.5 Å². The fourth-order valence-corrected chi connectivity index (χ4v) is 4.28. The summed E-state index contributed by atoms with van der Waals surface area (Å²) in [6.45, 7) is 22.6. The Balaban J connectivity index is 1.73. The van der Waals surface area contributed by atoms with Crippen molar-refractivity contribution in [2.75, 3.05) is 13.2 Å². The molecule has 0 N–H and O–H groups in total. The van der Waals surface area contributed by atoms with E-state index in [-0.39, 0.29) is 22.4 Å². The van der Waals surface area contributed by atoms with Crippen molar-refractivity contribution in [3.63, 3.8) is 0 Å². The van der Waals surface area contributed by atoms with Crippen LogP contribution >= 0.6 is 0 Å². The van der Waals surface area contributed by atoms with Crippen molar-refractivity contribution in [1.82, 2.24) is 0 Å². The molecule has 0 saturated heterocycles. The van der Waals surface area contributed by atoms with E-state index in [2.05, 4.69) is 118 Å². The molecule has 0 saturated carbocycles. The van der Waals surface area contributed by atoms with Gasteiger partial charge in [-0.3, -0.25) is 0 Å². The topological polar surface area (TPSA) is 36.9 Å². The molecule has 0 bridgehead atoms. The first kappa shape index (κ1) is 30.2. The van der Waals surface area contributed by atoms with Gasteiger partial charge >= 0.3 is 0 Å². The first-order chi connectivity index (χ1) is 17.6. The van der Waals surface area contributed by atoms with Gasteiger partial charge in [-0.25, -0.2) is 0 Å². The molecule has 0 fully saturated rings. The third-order valence-electron chi connectivity index (χ3n) is 7.46. The number of benzene rings is 3. The Labute approximate surface area is 231 Å². The molecule has 0 aliphatic carbocycles. The predicted octanol–water partition coefficient (Wildman–Crippen LogP) is 9.50. The fourth-order valence-electron chi connectivity index (χ4n) is 4.28. The molecule has 4 heteroatoms. The minimum atomic E-state index is -0.314. The highest BCUT2D eigenvalue weighted by atomic mass is 16.5. The molecule has 1 unspecified atom stereocenters. The second-order valence-electron chi connectivity index (χ2n) is 13.1. The summed E-state index contributed by atoms with van der Waals surface area (Å²) in [6.07, 6.45) is 3.58. The van der Waals surface area contributed by atoms with Crippen LogP contribution in [0, 0.1) is 0 Å². The zero-order valence-electron chi connectivity index (χ0n) is 25.5. The molecule has 38 heavy (non-hydrogen) atoms. The monoisotopic (exact) mass is 522 g/mol. The maximum absolute atomic E-state index is 6.54. The quantitative estimate of drug-likeness (QED) is 0.209. The van der Waals surface area contributed by atoms with Crippen LogP contribution < -0.4 is 9.47 Å². The molecule has 0 amide bonds. The molecule has 1 atom stereocenters. The molecule has 3 rings (SSSR count). The summed E-state index contributed by atoms with van der Waals surface area (Å²) in [6, 6.07) is 17.2. The molecule has 0 aromatic heterocycles. The zero-order chi connectivity index (χ0) is 28.2. The maximum Gasteiger partial charge on any atom is 0.120 e. The first-order valence-corrected chi connectivity index (χ1v) is 14.3. The van der Waals surface area contributed by atoms with Crippen molar-refractivity contribution in [2.24, 2.45) is 0 Å². The molecular weight excluding hydrogens is 472 g/mol. The van der Waals surface area contributed by atoms with Gasteiger partial charge in [-0.1, -0.05) is 26.0 Å². The lowest BCUT2D eigenvalue weighted by Gasteiger charge is -2.32. The second-order valence-corrected chi connectivity index (χ2v) is 13.1. The summed E-state index contributed by atoms with van der Waals surface area (Å²) in [5, 5.41) is 4.71. The molecule has 4 nitrogen and oxygen atoms in total. The summed E-state index contributed by atoms with van der Waals surface area (Å²) in [4.78, 5) is 0. The van der Waals surface area contributed by atoms with E-state index < -0.39 is 0 Å².